The molecule has 1 fully saturated rings. The molecule has 1 atom stereocenters. The molecule has 1 saturated heterocycles. The van der Waals surface area contributed by atoms with E-state index in [-0.39, 0.29) is 35.9 Å². The summed E-state index contributed by atoms with van der Waals surface area (Å²) in [6.07, 6.45) is 2.70. The summed E-state index contributed by atoms with van der Waals surface area (Å²) < 4.78 is 0. The van der Waals surface area contributed by atoms with Gasteiger partial charge in [-0.05, 0) is 59.3 Å². The highest BCUT2D eigenvalue weighted by Gasteiger charge is 2.30. The number of nitrogens with one attached hydrogen (secondary N) is 2. The molecule has 1 aromatic carbocycles. The quantitative estimate of drug-likeness (QED) is 0.236. The van der Waals surface area contributed by atoms with Crippen molar-refractivity contribution in [2.75, 3.05) is 38.1 Å². The first kappa shape index (κ1) is 24.7. The molecule has 1 aromatic rings. The highest BCUT2D eigenvalue weighted by Crippen LogP contribution is 2.20. The highest BCUT2D eigenvalue weighted by atomic mass is 127. The van der Waals surface area contributed by atoms with Gasteiger partial charge in [-0.15, -0.1) is 24.0 Å². The van der Waals surface area contributed by atoms with Gasteiger partial charge in [-0.2, -0.15) is 0 Å². The Hall–Kier alpha value is -1.35. The summed E-state index contributed by atoms with van der Waals surface area (Å²) in [5, 5.41) is 6.73. The topological polar surface area (TPSA) is 60.0 Å². The monoisotopic (exact) mass is 501 g/mol. The molecule has 1 aliphatic heterocycles. The minimum Gasteiger partial charge on any atom is -0.357 e. The number of guanidine groups is 1. The Balaban J connectivity index is 0.00000392. The van der Waals surface area contributed by atoms with Crippen LogP contribution in [0.25, 0.3) is 0 Å². The second-order valence-electron chi connectivity index (χ2n) is 7.43. The number of rotatable bonds is 9. The largest absolute Gasteiger partial charge is 0.357 e. The van der Waals surface area contributed by atoms with Crippen LogP contribution in [0.4, 0.5) is 5.69 Å². The van der Waals surface area contributed by atoms with E-state index in [2.05, 4.69) is 48.3 Å². The van der Waals surface area contributed by atoms with Gasteiger partial charge in [0.25, 0.3) is 0 Å². The molecule has 0 radical (unpaired) electrons. The van der Waals surface area contributed by atoms with E-state index in [1.807, 2.05) is 35.2 Å². The lowest BCUT2D eigenvalue weighted by atomic mass is 10.2. The predicted molar refractivity (Wildman–Crippen MR) is 129 cm³/mol. The van der Waals surface area contributed by atoms with Crippen LogP contribution in [0.3, 0.4) is 0 Å². The van der Waals surface area contributed by atoms with E-state index in [1.54, 1.807) is 0 Å². The Morgan fingerprint density at radius 2 is 2.00 bits per heavy atom. The third-order valence-corrected chi connectivity index (χ3v) is 4.95. The van der Waals surface area contributed by atoms with Crippen LogP contribution in [0.1, 0.15) is 40.0 Å². The van der Waals surface area contributed by atoms with Gasteiger partial charge >= 0.3 is 0 Å². The number of amides is 1. The van der Waals surface area contributed by atoms with Crippen molar-refractivity contribution >= 4 is 41.5 Å². The maximum atomic E-state index is 12.4. The number of unbranched alkanes of at least 4 members (excludes halogenated alkanes) is 1. The summed E-state index contributed by atoms with van der Waals surface area (Å²) in [5.74, 6) is 0.966. The van der Waals surface area contributed by atoms with Crippen molar-refractivity contribution in [3.8, 4) is 0 Å². The summed E-state index contributed by atoms with van der Waals surface area (Å²) >= 11 is 0. The van der Waals surface area contributed by atoms with Crippen LogP contribution >= 0.6 is 24.0 Å². The summed E-state index contributed by atoms with van der Waals surface area (Å²) in [7, 11) is 2.16. The molecule has 0 bridgehead atoms. The van der Waals surface area contributed by atoms with Crippen molar-refractivity contribution in [1.82, 2.24) is 15.5 Å². The minimum absolute atomic E-state index is 0. The van der Waals surface area contributed by atoms with E-state index in [0.29, 0.717) is 19.0 Å². The lowest BCUT2D eigenvalue weighted by Gasteiger charge is -2.20. The summed E-state index contributed by atoms with van der Waals surface area (Å²) in [6.45, 7) is 9.87. The van der Waals surface area contributed by atoms with E-state index in [0.717, 1.165) is 44.1 Å². The van der Waals surface area contributed by atoms with Gasteiger partial charge in [0.15, 0.2) is 5.96 Å². The third kappa shape index (κ3) is 7.95. The maximum absolute atomic E-state index is 12.4. The Morgan fingerprint density at radius 3 is 2.64 bits per heavy atom. The molecule has 28 heavy (non-hydrogen) atoms. The van der Waals surface area contributed by atoms with Crippen LogP contribution in [0.2, 0.25) is 0 Å². The number of aliphatic imine (C=N–C) groups is 1. The van der Waals surface area contributed by atoms with Crippen molar-refractivity contribution in [2.24, 2.45) is 4.99 Å². The molecule has 2 N–H and O–H groups in total. The third-order valence-electron chi connectivity index (χ3n) is 4.95. The maximum Gasteiger partial charge on any atom is 0.229 e. The number of halogens is 1. The van der Waals surface area contributed by atoms with Crippen molar-refractivity contribution in [3.05, 3.63) is 30.3 Å². The first-order chi connectivity index (χ1) is 13.0. The Kier molecular flexibility index (Phi) is 11.4. The molecule has 2 rings (SSSR count). The van der Waals surface area contributed by atoms with Crippen LogP contribution in [0.5, 0.6) is 0 Å². The first-order valence-corrected chi connectivity index (χ1v) is 10.1. The second-order valence-corrected chi connectivity index (χ2v) is 7.43. The van der Waals surface area contributed by atoms with Gasteiger partial charge in [0.2, 0.25) is 5.91 Å². The van der Waals surface area contributed by atoms with E-state index in [9.17, 15) is 4.79 Å². The summed E-state index contributed by atoms with van der Waals surface area (Å²) in [5.41, 5.74) is 0.961. The highest BCUT2D eigenvalue weighted by molar-refractivity contribution is 14.0. The minimum atomic E-state index is 0. The number of para-hydroxylation sites is 1. The molecule has 6 nitrogen and oxygen atoms in total. The van der Waals surface area contributed by atoms with Gasteiger partial charge in [-0.1, -0.05) is 18.2 Å². The number of hydrogen-bond donors (Lipinski definition) is 2. The lowest BCUT2D eigenvalue weighted by Crippen LogP contribution is -2.44. The zero-order valence-corrected chi connectivity index (χ0v) is 20.0. The van der Waals surface area contributed by atoms with E-state index >= 15 is 0 Å². The number of carbonyl (C=O) groups is 1. The number of benzene rings is 1. The molecule has 0 saturated carbocycles. The zero-order valence-electron chi connectivity index (χ0n) is 17.6. The molecular weight excluding hydrogens is 465 g/mol. The fourth-order valence-corrected chi connectivity index (χ4v) is 3.10. The van der Waals surface area contributed by atoms with Crippen molar-refractivity contribution in [3.63, 3.8) is 0 Å². The van der Waals surface area contributed by atoms with E-state index in [4.69, 9.17) is 0 Å². The van der Waals surface area contributed by atoms with Gasteiger partial charge in [0.05, 0.1) is 6.04 Å². The molecular formula is C21H36IN5O. The molecule has 1 amide bonds. The molecule has 158 valence electrons. The van der Waals surface area contributed by atoms with Crippen molar-refractivity contribution in [1.29, 1.82) is 0 Å². The van der Waals surface area contributed by atoms with Crippen molar-refractivity contribution < 1.29 is 4.79 Å². The van der Waals surface area contributed by atoms with Crippen LogP contribution in [-0.4, -0.2) is 62.1 Å². The fourth-order valence-electron chi connectivity index (χ4n) is 3.10. The van der Waals surface area contributed by atoms with Gasteiger partial charge in [-0.3, -0.25) is 9.79 Å². The average molecular weight is 501 g/mol. The zero-order chi connectivity index (χ0) is 19.6. The molecule has 1 aliphatic rings. The second kappa shape index (κ2) is 13.0. The number of anilines is 1. The molecule has 1 unspecified atom stereocenters. The first-order valence-electron chi connectivity index (χ1n) is 10.1. The molecule has 0 spiro atoms. The van der Waals surface area contributed by atoms with Crippen LogP contribution in [-0.2, 0) is 4.79 Å². The standard InChI is InChI=1S/C21H35N5O.HI/c1-5-22-21(23-13-9-10-14-25(4)17(2)3)24-18-15-20(27)26(16-18)19-11-7-6-8-12-19;/h6-8,11-12,17-18H,5,9-10,13-16H2,1-4H3,(H2,22,23,24);1H. The van der Waals surface area contributed by atoms with Gasteiger partial charge in [0.1, 0.15) is 0 Å². The number of carbonyl (C=O) groups excluding carboxylic acids is 1. The van der Waals surface area contributed by atoms with Gasteiger partial charge in [0, 0.05) is 37.8 Å². The molecule has 0 aliphatic carbocycles. The SMILES string of the molecule is CCNC(=NCCCCN(C)C(C)C)NC1CC(=O)N(c2ccccc2)C1.I. The van der Waals surface area contributed by atoms with Crippen LogP contribution in [0.15, 0.2) is 35.3 Å². The van der Waals surface area contributed by atoms with E-state index < -0.39 is 0 Å². The summed E-state index contributed by atoms with van der Waals surface area (Å²) in [4.78, 5) is 21.3. The normalized spacial score (nSPS) is 17.2. The Labute approximate surface area is 187 Å². The molecule has 1 heterocycles. The Bertz CT molecular complexity index is 608. The van der Waals surface area contributed by atoms with Crippen molar-refractivity contribution in [2.45, 2.75) is 52.1 Å². The predicted octanol–water partition coefficient (Wildman–Crippen LogP) is 3.09. The van der Waals surface area contributed by atoms with Crippen LogP contribution in [0, 0.1) is 0 Å². The lowest BCUT2D eigenvalue weighted by molar-refractivity contribution is -0.117. The average Bonchev–Trinajstić information content (AvgIpc) is 3.02. The Morgan fingerprint density at radius 1 is 1.29 bits per heavy atom. The smallest absolute Gasteiger partial charge is 0.229 e. The number of nitrogens with zero attached hydrogens (tertiary/aromatic N) is 3. The van der Waals surface area contributed by atoms with Gasteiger partial charge < -0.3 is 20.4 Å². The van der Waals surface area contributed by atoms with E-state index in [1.165, 1.54) is 0 Å². The van der Waals surface area contributed by atoms with Crippen LogP contribution < -0.4 is 15.5 Å². The molecule has 0 aromatic heterocycles. The summed E-state index contributed by atoms with van der Waals surface area (Å²) in [6, 6.07) is 10.5. The molecule has 7 heteroatoms. The van der Waals surface area contributed by atoms with Gasteiger partial charge in [-0.25, -0.2) is 0 Å². The number of hydrogen-bond acceptors (Lipinski definition) is 3. The fraction of sp³-hybridized carbons (Fsp3) is 0.619.